The number of hydrogen-bond acceptors (Lipinski definition) is 2. The Hall–Kier alpha value is -1.11. The van der Waals surface area contributed by atoms with Crippen LogP contribution in [-0.2, 0) is 4.79 Å². The van der Waals surface area contributed by atoms with Crippen molar-refractivity contribution in [3.63, 3.8) is 0 Å². The highest BCUT2D eigenvalue weighted by molar-refractivity contribution is 14.1. The van der Waals surface area contributed by atoms with Crippen molar-refractivity contribution in [1.82, 2.24) is 5.32 Å². The fourth-order valence-electron chi connectivity index (χ4n) is 1.57. The van der Waals surface area contributed by atoms with Crippen molar-refractivity contribution >= 4 is 40.2 Å². The molecule has 0 unspecified atom stereocenters. The van der Waals surface area contributed by atoms with E-state index in [-0.39, 0.29) is 11.9 Å². The summed E-state index contributed by atoms with van der Waals surface area (Å²) in [6, 6.07) is 6.89. The topological polar surface area (TPSA) is 49.4 Å². The molecule has 1 heterocycles. The van der Waals surface area contributed by atoms with Crippen LogP contribution in [0.25, 0.3) is 0 Å². The van der Waals surface area contributed by atoms with Crippen LogP contribution in [0.2, 0.25) is 0 Å². The molecule has 3 amide bonds. The molecule has 0 spiro atoms. The molecule has 1 saturated heterocycles. The summed E-state index contributed by atoms with van der Waals surface area (Å²) in [5.74, 6) is -0.223. The molecule has 1 aromatic carbocycles. The van der Waals surface area contributed by atoms with E-state index in [0.29, 0.717) is 5.69 Å². The van der Waals surface area contributed by atoms with Crippen molar-refractivity contribution in [3.05, 3.63) is 27.8 Å². The fourth-order valence-corrected chi connectivity index (χ4v) is 1.93. The summed E-state index contributed by atoms with van der Waals surface area (Å²) < 4.78 is 1.06. The van der Waals surface area contributed by atoms with Gasteiger partial charge in [0.1, 0.15) is 5.54 Å². The van der Waals surface area contributed by atoms with Gasteiger partial charge in [0.15, 0.2) is 0 Å². The molecule has 0 bridgehead atoms. The lowest BCUT2D eigenvalue weighted by atomic mass is 10.1. The van der Waals surface area contributed by atoms with Gasteiger partial charge in [-0.25, -0.2) is 9.69 Å². The Morgan fingerprint density at radius 3 is 2.19 bits per heavy atom. The Morgan fingerprint density at radius 2 is 1.75 bits per heavy atom. The van der Waals surface area contributed by atoms with Crippen LogP contribution in [0.1, 0.15) is 13.8 Å². The molecule has 0 atom stereocenters. The van der Waals surface area contributed by atoms with Crippen molar-refractivity contribution < 1.29 is 9.59 Å². The van der Waals surface area contributed by atoms with Gasteiger partial charge in [0.2, 0.25) is 0 Å². The van der Waals surface area contributed by atoms with Gasteiger partial charge in [0, 0.05) is 3.57 Å². The molecule has 1 N–H and O–H groups in total. The van der Waals surface area contributed by atoms with Crippen molar-refractivity contribution in [1.29, 1.82) is 0 Å². The second-order valence-corrected chi connectivity index (χ2v) is 5.42. The smallest absolute Gasteiger partial charge is 0.323 e. The van der Waals surface area contributed by atoms with E-state index in [2.05, 4.69) is 27.9 Å². The van der Waals surface area contributed by atoms with Crippen molar-refractivity contribution in [2.24, 2.45) is 0 Å². The van der Waals surface area contributed by atoms with E-state index >= 15 is 0 Å². The molecule has 0 radical (unpaired) electrons. The normalized spacial score (nSPS) is 18.8. The molecule has 0 saturated carbocycles. The number of benzene rings is 1. The first-order chi connectivity index (χ1) is 7.42. The molecular weight excluding hydrogens is 319 g/mol. The highest BCUT2D eigenvalue weighted by Gasteiger charge is 2.44. The number of carbonyl (C=O) groups excluding carboxylic acids is 2. The van der Waals surface area contributed by atoms with Crippen molar-refractivity contribution in [2.75, 3.05) is 4.90 Å². The van der Waals surface area contributed by atoms with Crippen LogP contribution in [0.15, 0.2) is 24.3 Å². The van der Waals surface area contributed by atoms with E-state index in [0.717, 1.165) is 3.57 Å². The lowest BCUT2D eigenvalue weighted by Gasteiger charge is -2.15. The van der Waals surface area contributed by atoms with Gasteiger partial charge in [0.05, 0.1) is 5.69 Å². The predicted molar refractivity (Wildman–Crippen MR) is 69.3 cm³/mol. The van der Waals surface area contributed by atoms with Crippen molar-refractivity contribution in [3.8, 4) is 0 Å². The number of carbonyl (C=O) groups is 2. The lowest BCUT2D eigenvalue weighted by molar-refractivity contribution is -0.120. The minimum Gasteiger partial charge on any atom is -0.323 e. The summed E-state index contributed by atoms with van der Waals surface area (Å²) in [7, 11) is 0. The quantitative estimate of drug-likeness (QED) is 0.633. The average Bonchev–Trinajstić information content (AvgIpc) is 2.39. The molecule has 0 aromatic heterocycles. The maximum Gasteiger partial charge on any atom is 0.329 e. The van der Waals surface area contributed by atoms with Gasteiger partial charge < -0.3 is 5.32 Å². The minimum atomic E-state index is -0.819. The first-order valence-electron chi connectivity index (χ1n) is 4.84. The fraction of sp³-hybridized carbons (Fsp3) is 0.273. The van der Waals surface area contributed by atoms with E-state index in [1.807, 2.05) is 12.1 Å². The molecule has 16 heavy (non-hydrogen) atoms. The zero-order valence-corrected chi connectivity index (χ0v) is 11.1. The molecule has 1 aliphatic rings. The average molecular weight is 330 g/mol. The van der Waals surface area contributed by atoms with Gasteiger partial charge in [-0.05, 0) is 60.7 Å². The summed E-state index contributed by atoms with van der Waals surface area (Å²) in [5.41, 5.74) is -0.214. The molecule has 84 valence electrons. The SMILES string of the molecule is CC1(C)NC(=O)N(c2ccc(I)cc2)C1=O. The summed E-state index contributed by atoms with van der Waals surface area (Å²) >= 11 is 2.17. The number of halogens is 1. The molecule has 0 aliphatic carbocycles. The number of amides is 3. The van der Waals surface area contributed by atoms with Crippen LogP contribution >= 0.6 is 22.6 Å². The summed E-state index contributed by atoms with van der Waals surface area (Å²) in [4.78, 5) is 24.8. The third-order valence-electron chi connectivity index (χ3n) is 2.45. The standard InChI is InChI=1S/C11H11IN2O2/c1-11(2)9(15)14(10(16)13-11)8-5-3-7(12)4-6-8/h3-6H,1-2H3,(H,13,16). The number of rotatable bonds is 1. The Balaban J connectivity index is 2.39. The van der Waals surface area contributed by atoms with Gasteiger partial charge in [-0.2, -0.15) is 0 Å². The van der Waals surface area contributed by atoms with Crippen molar-refractivity contribution in [2.45, 2.75) is 19.4 Å². The number of urea groups is 1. The monoisotopic (exact) mass is 330 g/mol. The molecule has 1 aromatic rings. The number of hydrogen-bond donors (Lipinski definition) is 1. The molecule has 2 rings (SSSR count). The summed E-state index contributed by atoms with van der Waals surface area (Å²) in [5, 5.41) is 2.64. The Labute approximate surface area is 107 Å². The number of nitrogens with zero attached hydrogens (tertiary/aromatic N) is 1. The van der Waals surface area contributed by atoms with Crippen LogP contribution in [-0.4, -0.2) is 17.5 Å². The third-order valence-corrected chi connectivity index (χ3v) is 3.16. The van der Waals surface area contributed by atoms with Crippen LogP contribution in [0.5, 0.6) is 0 Å². The van der Waals surface area contributed by atoms with E-state index in [9.17, 15) is 9.59 Å². The maximum atomic E-state index is 12.0. The molecule has 1 aliphatic heterocycles. The summed E-state index contributed by atoms with van der Waals surface area (Å²) in [6.07, 6.45) is 0. The molecule has 4 nitrogen and oxygen atoms in total. The second-order valence-electron chi connectivity index (χ2n) is 4.17. The zero-order valence-electron chi connectivity index (χ0n) is 8.95. The molecular formula is C11H11IN2O2. The van der Waals surface area contributed by atoms with E-state index in [1.165, 1.54) is 4.90 Å². The molecule has 1 fully saturated rings. The van der Waals surface area contributed by atoms with Crippen LogP contribution < -0.4 is 10.2 Å². The van der Waals surface area contributed by atoms with Gasteiger partial charge >= 0.3 is 6.03 Å². The van der Waals surface area contributed by atoms with Gasteiger partial charge in [-0.1, -0.05) is 0 Å². The first kappa shape index (κ1) is 11.4. The summed E-state index contributed by atoms with van der Waals surface area (Å²) in [6.45, 7) is 3.39. The lowest BCUT2D eigenvalue weighted by Crippen LogP contribution is -2.40. The van der Waals surface area contributed by atoms with E-state index in [4.69, 9.17) is 0 Å². The largest absolute Gasteiger partial charge is 0.329 e. The van der Waals surface area contributed by atoms with Crippen LogP contribution in [0.4, 0.5) is 10.5 Å². The highest BCUT2D eigenvalue weighted by atomic mass is 127. The maximum absolute atomic E-state index is 12.0. The second kappa shape index (κ2) is 3.73. The Bertz CT molecular complexity index is 454. The first-order valence-corrected chi connectivity index (χ1v) is 5.92. The van der Waals surface area contributed by atoms with Gasteiger partial charge in [-0.15, -0.1) is 0 Å². The van der Waals surface area contributed by atoms with Gasteiger partial charge in [-0.3, -0.25) is 4.79 Å². The van der Waals surface area contributed by atoms with E-state index in [1.54, 1.807) is 26.0 Å². The minimum absolute atomic E-state index is 0.223. The number of anilines is 1. The zero-order chi connectivity index (χ0) is 11.9. The molecule has 5 heteroatoms. The van der Waals surface area contributed by atoms with E-state index < -0.39 is 5.54 Å². The van der Waals surface area contributed by atoms with Gasteiger partial charge in [0.25, 0.3) is 5.91 Å². The predicted octanol–water partition coefficient (Wildman–Crippen LogP) is 2.13. The Morgan fingerprint density at radius 1 is 1.19 bits per heavy atom. The number of nitrogens with one attached hydrogen (secondary N) is 1. The van der Waals surface area contributed by atoms with Crippen LogP contribution in [0, 0.1) is 3.57 Å². The Kier molecular flexibility index (Phi) is 2.65. The number of imide groups is 1. The van der Waals surface area contributed by atoms with Crippen LogP contribution in [0.3, 0.4) is 0 Å². The third kappa shape index (κ3) is 1.79. The highest BCUT2D eigenvalue weighted by Crippen LogP contribution is 2.24.